The minimum atomic E-state index is 0.540. The maximum absolute atomic E-state index is 2.67. The number of hydrogen-bond donors (Lipinski definition) is 0. The number of rotatable bonds is 2. The van der Waals surface area contributed by atoms with Gasteiger partial charge in [0.15, 0.2) is 0 Å². The van der Waals surface area contributed by atoms with Crippen LogP contribution in [0.1, 0.15) is 106 Å². The van der Waals surface area contributed by atoms with Gasteiger partial charge in [0, 0.05) is 0 Å². The second-order valence-electron chi connectivity index (χ2n) is 11.3. The topological polar surface area (TPSA) is 0 Å². The van der Waals surface area contributed by atoms with E-state index in [2.05, 4.69) is 48.5 Å². The maximum Gasteiger partial charge on any atom is -0.0261 e. The Morgan fingerprint density at radius 2 is 1.36 bits per heavy atom. The normalized spacial score (nSPS) is 58.2. The van der Waals surface area contributed by atoms with Crippen LogP contribution in [0.5, 0.6) is 0 Å². The summed E-state index contributed by atoms with van der Waals surface area (Å²) in [4.78, 5) is 0. The van der Waals surface area contributed by atoms with Gasteiger partial charge in [-0.2, -0.15) is 0 Å². The first-order valence-corrected chi connectivity index (χ1v) is 9.99. The molecule has 0 heterocycles. The molecule has 4 aliphatic rings. The van der Waals surface area contributed by atoms with Gasteiger partial charge in [0.05, 0.1) is 0 Å². The first-order valence-electron chi connectivity index (χ1n) is 9.99. The third-order valence-electron chi connectivity index (χ3n) is 9.00. The van der Waals surface area contributed by atoms with Crippen LogP contribution in [0.25, 0.3) is 0 Å². The van der Waals surface area contributed by atoms with Gasteiger partial charge in [-0.3, -0.25) is 0 Å². The van der Waals surface area contributed by atoms with Crippen molar-refractivity contribution >= 4 is 0 Å². The van der Waals surface area contributed by atoms with Gasteiger partial charge < -0.3 is 0 Å². The monoisotopic (exact) mass is 304 g/mol. The van der Waals surface area contributed by atoms with Gasteiger partial charge in [0.2, 0.25) is 0 Å². The molecule has 0 aromatic carbocycles. The minimum absolute atomic E-state index is 0.540. The molecule has 0 saturated heterocycles. The molecule has 4 rings (SSSR count). The Labute approximate surface area is 139 Å². The van der Waals surface area contributed by atoms with Crippen molar-refractivity contribution in [3.05, 3.63) is 0 Å². The van der Waals surface area contributed by atoms with E-state index < -0.39 is 0 Å². The minimum Gasteiger partial charge on any atom is -0.0654 e. The summed E-state index contributed by atoms with van der Waals surface area (Å²) in [6.07, 6.45) is 13.1. The molecular weight excluding hydrogens is 264 g/mol. The number of hydrogen-bond acceptors (Lipinski definition) is 0. The Hall–Kier alpha value is 0. The summed E-state index contributed by atoms with van der Waals surface area (Å²) in [5.74, 6) is 0.897. The summed E-state index contributed by atoms with van der Waals surface area (Å²) in [5.41, 5.74) is 2.84. The van der Waals surface area contributed by atoms with E-state index in [4.69, 9.17) is 0 Å². The first kappa shape index (κ1) is 16.8. The standard InChI is InChI=1S/C22H40/c1-8-9-20(5)16-22(7)15-18(3)12-17(2)13-19(20,4)10-11-21(22,6)14-18/h17H,8-16H2,1-7H3. The van der Waals surface area contributed by atoms with Crippen molar-refractivity contribution in [3.63, 3.8) is 0 Å². The van der Waals surface area contributed by atoms with E-state index in [9.17, 15) is 0 Å². The third-order valence-corrected chi connectivity index (χ3v) is 9.00. The van der Waals surface area contributed by atoms with Crippen molar-refractivity contribution in [1.29, 1.82) is 0 Å². The van der Waals surface area contributed by atoms with Crippen molar-refractivity contribution in [1.82, 2.24) is 0 Å². The molecule has 0 heteroatoms. The van der Waals surface area contributed by atoms with E-state index in [0.29, 0.717) is 27.1 Å². The van der Waals surface area contributed by atoms with Gasteiger partial charge >= 0.3 is 0 Å². The van der Waals surface area contributed by atoms with E-state index in [-0.39, 0.29) is 0 Å². The predicted molar refractivity (Wildman–Crippen MR) is 96.9 cm³/mol. The molecule has 0 amide bonds. The zero-order valence-electron chi connectivity index (χ0n) is 16.4. The van der Waals surface area contributed by atoms with E-state index in [0.717, 1.165) is 5.92 Å². The van der Waals surface area contributed by atoms with Gasteiger partial charge in [-0.15, -0.1) is 0 Å². The van der Waals surface area contributed by atoms with Crippen LogP contribution in [0.3, 0.4) is 0 Å². The molecule has 4 saturated carbocycles. The lowest BCUT2D eigenvalue weighted by molar-refractivity contribution is -0.00399. The quantitative estimate of drug-likeness (QED) is 0.505. The van der Waals surface area contributed by atoms with Gasteiger partial charge in [0.25, 0.3) is 0 Å². The summed E-state index contributed by atoms with van der Waals surface area (Å²) in [6.45, 7) is 18.2. The molecule has 4 fully saturated rings. The zero-order chi connectivity index (χ0) is 16.4. The molecule has 4 bridgehead atoms. The molecule has 4 aliphatic carbocycles. The summed E-state index contributed by atoms with van der Waals surface area (Å²) >= 11 is 0. The molecule has 0 aromatic rings. The SMILES string of the molecule is CCCC1(C)CC2(C)CC3(C)CC(C)CC1(C)CCC2(C)C3. The lowest BCUT2D eigenvalue weighted by Gasteiger charge is -2.50. The van der Waals surface area contributed by atoms with Gasteiger partial charge in [-0.1, -0.05) is 54.9 Å². The summed E-state index contributed by atoms with van der Waals surface area (Å²) < 4.78 is 0. The fourth-order valence-electron chi connectivity index (χ4n) is 8.08. The Morgan fingerprint density at radius 3 is 2.00 bits per heavy atom. The smallest absolute Gasteiger partial charge is 0.0261 e. The number of fused-ring (bicyclic) bond motifs is 4. The van der Waals surface area contributed by atoms with Crippen molar-refractivity contribution in [2.75, 3.05) is 0 Å². The lowest BCUT2D eigenvalue weighted by atomic mass is 9.55. The average Bonchev–Trinajstić information content (AvgIpc) is 2.52. The van der Waals surface area contributed by atoms with E-state index in [1.807, 2.05) is 0 Å². The van der Waals surface area contributed by atoms with Crippen LogP contribution in [-0.2, 0) is 0 Å². The Kier molecular flexibility index (Phi) is 3.65. The molecule has 6 unspecified atom stereocenters. The predicted octanol–water partition coefficient (Wildman–Crippen LogP) is 7.23. The molecule has 0 nitrogen and oxygen atoms in total. The van der Waals surface area contributed by atoms with Crippen molar-refractivity contribution in [2.45, 2.75) is 106 Å². The highest BCUT2D eigenvalue weighted by atomic mass is 14.7. The van der Waals surface area contributed by atoms with Crippen molar-refractivity contribution < 1.29 is 0 Å². The maximum atomic E-state index is 2.67. The molecule has 0 N–H and O–H groups in total. The van der Waals surface area contributed by atoms with Crippen LogP contribution in [0.2, 0.25) is 0 Å². The summed E-state index contributed by atoms with van der Waals surface area (Å²) in [6, 6.07) is 0. The van der Waals surface area contributed by atoms with Crippen LogP contribution >= 0.6 is 0 Å². The van der Waals surface area contributed by atoms with Crippen LogP contribution in [-0.4, -0.2) is 0 Å². The van der Waals surface area contributed by atoms with Crippen LogP contribution in [0.4, 0.5) is 0 Å². The lowest BCUT2D eigenvalue weighted by Crippen LogP contribution is -2.41. The van der Waals surface area contributed by atoms with Crippen LogP contribution in [0, 0.1) is 33.0 Å². The van der Waals surface area contributed by atoms with Crippen LogP contribution < -0.4 is 0 Å². The van der Waals surface area contributed by atoms with E-state index >= 15 is 0 Å². The highest BCUT2D eigenvalue weighted by Gasteiger charge is 2.63. The molecule has 0 radical (unpaired) electrons. The largest absolute Gasteiger partial charge is 0.0654 e. The van der Waals surface area contributed by atoms with Crippen molar-refractivity contribution in [2.24, 2.45) is 33.0 Å². The molecule has 0 aliphatic heterocycles. The second kappa shape index (κ2) is 4.76. The molecular formula is C22H40. The van der Waals surface area contributed by atoms with E-state index in [1.165, 1.54) is 57.8 Å². The molecule has 0 spiro atoms. The van der Waals surface area contributed by atoms with Crippen molar-refractivity contribution in [3.8, 4) is 0 Å². The van der Waals surface area contributed by atoms with E-state index in [1.54, 1.807) is 0 Å². The fourth-order valence-corrected chi connectivity index (χ4v) is 8.08. The second-order valence-corrected chi connectivity index (χ2v) is 11.3. The van der Waals surface area contributed by atoms with Gasteiger partial charge in [-0.05, 0) is 84.4 Å². The fraction of sp³-hybridized carbons (Fsp3) is 1.00. The zero-order valence-corrected chi connectivity index (χ0v) is 16.4. The van der Waals surface area contributed by atoms with Gasteiger partial charge in [-0.25, -0.2) is 0 Å². The Bertz CT molecular complexity index is 453. The first-order chi connectivity index (χ1) is 9.99. The highest BCUT2D eigenvalue weighted by Crippen LogP contribution is 2.73. The van der Waals surface area contributed by atoms with Crippen LogP contribution in [0.15, 0.2) is 0 Å². The summed E-state index contributed by atoms with van der Waals surface area (Å²) in [7, 11) is 0. The molecule has 128 valence electrons. The third kappa shape index (κ3) is 2.22. The average molecular weight is 305 g/mol. The molecule has 6 atom stereocenters. The Balaban J connectivity index is 2.14. The Morgan fingerprint density at radius 1 is 0.773 bits per heavy atom. The van der Waals surface area contributed by atoms with Gasteiger partial charge in [0.1, 0.15) is 0 Å². The molecule has 22 heavy (non-hydrogen) atoms. The summed E-state index contributed by atoms with van der Waals surface area (Å²) in [5, 5.41) is 0. The molecule has 0 aromatic heterocycles. The highest BCUT2D eigenvalue weighted by molar-refractivity contribution is 5.13.